The summed E-state index contributed by atoms with van der Waals surface area (Å²) in [6, 6.07) is 4.68. The van der Waals surface area contributed by atoms with Gasteiger partial charge in [-0.2, -0.15) is 0 Å². The third-order valence-corrected chi connectivity index (χ3v) is 2.65. The van der Waals surface area contributed by atoms with Crippen LogP contribution in [-0.2, 0) is 0 Å². The lowest BCUT2D eigenvalue weighted by Gasteiger charge is -2.00. The van der Waals surface area contributed by atoms with Crippen molar-refractivity contribution in [3.8, 4) is 0 Å². The molecule has 0 aliphatic heterocycles. The Morgan fingerprint density at radius 3 is 2.27 bits per heavy atom. The molecule has 0 spiro atoms. The van der Waals surface area contributed by atoms with Gasteiger partial charge in [0.05, 0.1) is 11.0 Å². The van der Waals surface area contributed by atoms with Crippen LogP contribution in [0.5, 0.6) is 0 Å². The van der Waals surface area contributed by atoms with Gasteiger partial charge >= 0.3 is 0 Å². The number of fused-ring (bicyclic) bond motifs is 1. The van der Waals surface area contributed by atoms with Gasteiger partial charge in [0.2, 0.25) is 0 Å². The van der Waals surface area contributed by atoms with Crippen molar-refractivity contribution < 1.29 is 4.79 Å². The molecule has 0 radical (unpaired) electrons. The first-order valence-electron chi connectivity index (χ1n) is 3.90. The fourth-order valence-corrected chi connectivity index (χ4v) is 1.52. The molecule has 0 saturated carbocycles. The van der Waals surface area contributed by atoms with Crippen molar-refractivity contribution in [2.45, 2.75) is 0 Å². The molecule has 0 atom stereocenters. The summed E-state index contributed by atoms with van der Waals surface area (Å²) in [6.45, 7) is 0. The maximum Gasteiger partial charge on any atom is 0.252 e. The van der Waals surface area contributed by atoms with Gasteiger partial charge in [0, 0.05) is 5.56 Å². The molecule has 1 heterocycles. The van der Waals surface area contributed by atoms with E-state index in [2.05, 4.69) is 9.97 Å². The standard InChI is InChI=1S/C9H3Cl3N2O/c10-7-8(11)14-6-3-4(9(12)15)1-2-5(6)13-7/h1-3H. The Hall–Kier alpha value is -0.900. The van der Waals surface area contributed by atoms with Crippen molar-refractivity contribution in [2.75, 3.05) is 0 Å². The molecule has 76 valence electrons. The van der Waals surface area contributed by atoms with Crippen LogP contribution in [0.2, 0.25) is 10.3 Å². The Kier molecular flexibility index (Phi) is 2.78. The first-order chi connectivity index (χ1) is 7.08. The molecule has 0 bridgehead atoms. The SMILES string of the molecule is O=C(Cl)c1ccc2nc(Cl)c(Cl)nc2c1. The zero-order chi connectivity index (χ0) is 11.0. The van der Waals surface area contributed by atoms with Crippen molar-refractivity contribution in [1.82, 2.24) is 9.97 Å². The number of rotatable bonds is 1. The maximum absolute atomic E-state index is 10.9. The zero-order valence-electron chi connectivity index (χ0n) is 7.17. The van der Waals surface area contributed by atoms with E-state index in [-0.39, 0.29) is 10.3 Å². The molecule has 1 aromatic heterocycles. The van der Waals surface area contributed by atoms with E-state index in [9.17, 15) is 4.79 Å². The van der Waals surface area contributed by atoms with Crippen LogP contribution in [0.3, 0.4) is 0 Å². The number of aromatic nitrogens is 2. The number of carbonyl (C=O) groups excluding carboxylic acids is 1. The van der Waals surface area contributed by atoms with Crippen LogP contribution in [0.15, 0.2) is 18.2 Å². The molecule has 2 rings (SSSR count). The molecule has 0 saturated heterocycles. The fourth-order valence-electron chi connectivity index (χ4n) is 1.13. The summed E-state index contributed by atoms with van der Waals surface area (Å²) in [4.78, 5) is 18.9. The second kappa shape index (κ2) is 3.93. The van der Waals surface area contributed by atoms with Crippen LogP contribution in [0.4, 0.5) is 0 Å². The van der Waals surface area contributed by atoms with Crippen LogP contribution in [-0.4, -0.2) is 15.2 Å². The van der Waals surface area contributed by atoms with Gasteiger partial charge < -0.3 is 0 Å². The first-order valence-corrected chi connectivity index (χ1v) is 5.04. The lowest BCUT2D eigenvalue weighted by molar-refractivity contribution is 0.108. The average molecular weight is 261 g/mol. The minimum absolute atomic E-state index is 0.100. The summed E-state index contributed by atoms with van der Waals surface area (Å²) in [5.41, 5.74) is 1.39. The van der Waals surface area contributed by atoms with E-state index in [1.807, 2.05) is 0 Å². The molecule has 3 nitrogen and oxygen atoms in total. The summed E-state index contributed by atoms with van der Waals surface area (Å²) in [7, 11) is 0. The molecule has 2 aromatic rings. The van der Waals surface area contributed by atoms with Gasteiger partial charge in [-0.25, -0.2) is 9.97 Å². The molecule has 15 heavy (non-hydrogen) atoms. The van der Waals surface area contributed by atoms with E-state index < -0.39 is 5.24 Å². The highest BCUT2D eigenvalue weighted by molar-refractivity contribution is 6.67. The van der Waals surface area contributed by atoms with Crippen molar-refractivity contribution >= 4 is 51.1 Å². The van der Waals surface area contributed by atoms with E-state index in [1.165, 1.54) is 6.07 Å². The van der Waals surface area contributed by atoms with Gasteiger partial charge in [-0.3, -0.25) is 4.79 Å². The number of halogens is 3. The quantitative estimate of drug-likeness (QED) is 0.740. The largest absolute Gasteiger partial charge is 0.276 e. The van der Waals surface area contributed by atoms with E-state index in [1.54, 1.807) is 12.1 Å². The van der Waals surface area contributed by atoms with E-state index in [0.29, 0.717) is 16.6 Å². The number of hydrogen-bond acceptors (Lipinski definition) is 3. The summed E-state index contributed by atoms with van der Waals surface area (Å²) < 4.78 is 0. The molecule has 1 aromatic carbocycles. The predicted molar refractivity (Wildman–Crippen MR) is 59.7 cm³/mol. The molecule has 0 amide bonds. The molecule has 0 N–H and O–H groups in total. The average Bonchev–Trinajstić information content (AvgIpc) is 2.19. The first kappa shape index (κ1) is 10.6. The van der Waals surface area contributed by atoms with Gasteiger partial charge in [-0.15, -0.1) is 0 Å². The maximum atomic E-state index is 10.9. The second-order valence-corrected chi connectivity index (χ2v) is 3.84. The zero-order valence-corrected chi connectivity index (χ0v) is 9.44. The summed E-state index contributed by atoms with van der Waals surface area (Å²) in [5, 5.41) is -0.317. The smallest absolute Gasteiger partial charge is 0.252 e. The van der Waals surface area contributed by atoms with Crippen molar-refractivity contribution in [3.63, 3.8) is 0 Å². The monoisotopic (exact) mass is 260 g/mol. The van der Waals surface area contributed by atoms with Gasteiger partial charge in [-0.05, 0) is 29.8 Å². The van der Waals surface area contributed by atoms with Gasteiger partial charge in [0.25, 0.3) is 5.24 Å². The second-order valence-electron chi connectivity index (χ2n) is 2.78. The molecule has 0 fully saturated rings. The molecule has 0 aliphatic carbocycles. The topological polar surface area (TPSA) is 42.9 Å². The molecule has 0 aliphatic rings. The Morgan fingerprint density at radius 2 is 1.67 bits per heavy atom. The molecular weight excluding hydrogens is 258 g/mol. The van der Waals surface area contributed by atoms with Gasteiger partial charge in [0.15, 0.2) is 10.3 Å². The van der Waals surface area contributed by atoms with Crippen molar-refractivity contribution in [1.29, 1.82) is 0 Å². The van der Waals surface area contributed by atoms with Gasteiger partial charge in [0.1, 0.15) is 0 Å². The Bertz CT molecular complexity index is 556. The van der Waals surface area contributed by atoms with Crippen LogP contribution in [0.1, 0.15) is 10.4 Å². The molecule has 6 heteroatoms. The van der Waals surface area contributed by atoms with E-state index in [4.69, 9.17) is 34.8 Å². The van der Waals surface area contributed by atoms with Crippen LogP contribution in [0, 0.1) is 0 Å². The van der Waals surface area contributed by atoms with E-state index >= 15 is 0 Å². The normalized spacial score (nSPS) is 10.6. The lowest BCUT2D eigenvalue weighted by atomic mass is 10.2. The number of carbonyl (C=O) groups is 1. The summed E-state index contributed by atoms with van der Waals surface area (Å²) >= 11 is 16.7. The molecule has 0 unspecified atom stereocenters. The lowest BCUT2D eigenvalue weighted by Crippen LogP contribution is -1.92. The third kappa shape index (κ3) is 2.04. The Balaban J connectivity index is 2.72. The number of nitrogens with zero attached hydrogens (tertiary/aromatic N) is 2. The summed E-state index contributed by atoms with van der Waals surface area (Å²) in [5.74, 6) is 0. The minimum Gasteiger partial charge on any atom is -0.276 e. The van der Waals surface area contributed by atoms with Crippen LogP contribution < -0.4 is 0 Å². The highest BCUT2D eigenvalue weighted by atomic mass is 35.5. The highest BCUT2D eigenvalue weighted by Gasteiger charge is 2.07. The Morgan fingerprint density at radius 1 is 1.07 bits per heavy atom. The van der Waals surface area contributed by atoms with Crippen LogP contribution >= 0.6 is 34.8 Å². The van der Waals surface area contributed by atoms with Crippen LogP contribution in [0.25, 0.3) is 11.0 Å². The summed E-state index contributed by atoms with van der Waals surface area (Å²) in [6.07, 6.45) is 0. The van der Waals surface area contributed by atoms with Crippen molar-refractivity contribution in [2.24, 2.45) is 0 Å². The predicted octanol–water partition coefficient (Wildman–Crippen LogP) is 3.32. The third-order valence-electron chi connectivity index (χ3n) is 1.81. The van der Waals surface area contributed by atoms with E-state index in [0.717, 1.165) is 0 Å². The van der Waals surface area contributed by atoms with Crippen molar-refractivity contribution in [3.05, 3.63) is 34.1 Å². The number of benzene rings is 1. The molecular formula is C9H3Cl3N2O. The Labute approximate surface area is 100.0 Å². The highest BCUT2D eigenvalue weighted by Crippen LogP contribution is 2.22. The van der Waals surface area contributed by atoms with Gasteiger partial charge in [-0.1, -0.05) is 23.2 Å². The fraction of sp³-hybridized carbons (Fsp3) is 0. The number of hydrogen-bond donors (Lipinski definition) is 0. The minimum atomic E-state index is -0.551.